The van der Waals surface area contributed by atoms with Crippen LogP contribution >= 0.6 is 37.0 Å². The van der Waals surface area contributed by atoms with Crippen molar-refractivity contribution < 1.29 is 0 Å². The van der Waals surface area contributed by atoms with Gasteiger partial charge in [-0.1, -0.05) is 25.7 Å². The summed E-state index contributed by atoms with van der Waals surface area (Å²) in [6, 6.07) is 0. The van der Waals surface area contributed by atoms with Gasteiger partial charge < -0.3 is 24.6 Å². The highest BCUT2D eigenvalue weighted by atomic mass is 31.0. The van der Waals surface area contributed by atoms with Crippen LogP contribution in [0, 0.1) is 0 Å². The highest BCUT2D eigenvalue weighted by Gasteiger charge is 1.84. The largest absolute Gasteiger partial charge is 0.344 e. The zero-order chi connectivity index (χ0) is 12.5. The molecule has 4 unspecified atom stereocenters. The van der Waals surface area contributed by atoms with Crippen molar-refractivity contribution >= 4 is 37.0 Å². The normalized spacial score (nSPS) is 7.80. The number of unbranched alkanes of at least 4 members (excludes halogenated alkanes) is 6. The predicted octanol–water partition coefficient (Wildman–Crippen LogP) is 5.24. The number of hydrogen-bond donors (Lipinski definition) is 4. The molecule has 0 fully saturated rings. The van der Waals surface area contributed by atoms with Gasteiger partial charge in [0.1, 0.15) is 0 Å². The highest BCUT2D eigenvalue weighted by molar-refractivity contribution is 7.16. The molecule has 8 heteroatoms. The van der Waals surface area contributed by atoms with Crippen molar-refractivity contribution in [1.82, 2.24) is 24.6 Å². The van der Waals surface area contributed by atoms with E-state index in [9.17, 15) is 0 Å². The third-order valence-corrected chi connectivity index (χ3v) is 3.95. The second-order valence-electron chi connectivity index (χ2n) is 3.98. The minimum atomic E-state index is 0. The van der Waals surface area contributed by atoms with Crippen LogP contribution in [0.2, 0.25) is 0 Å². The molecule has 0 saturated heterocycles. The number of hydrogen-bond acceptors (Lipinski definition) is 4. The van der Waals surface area contributed by atoms with Gasteiger partial charge in [-0.25, -0.2) is 0 Å². The molecule has 0 amide bonds. The molecule has 20 heavy (non-hydrogen) atoms. The molecule has 4 nitrogen and oxygen atoms in total. The van der Waals surface area contributed by atoms with Crippen molar-refractivity contribution in [3.63, 3.8) is 0 Å². The predicted molar refractivity (Wildman–Crippen MR) is 115 cm³/mol. The Kier molecular flexibility index (Phi) is 80.5. The molecule has 0 aromatic heterocycles. The highest BCUT2D eigenvalue weighted by Crippen LogP contribution is 2.03. The minimum Gasteiger partial charge on any atom is -0.344 e. The lowest BCUT2D eigenvalue weighted by atomic mass is 10.2. The van der Waals surface area contributed by atoms with Gasteiger partial charge in [-0.05, 0) is 50.3 Å². The molecule has 0 aliphatic carbocycles. The minimum absolute atomic E-state index is 0. The summed E-state index contributed by atoms with van der Waals surface area (Å²) in [6.45, 7) is 0. The first-order valence-corrected chi connectivity index (χ1v) is 9.90. The molecule has 4 atom stereocenters. The lowest BCUT2D eigenvalue weighted by Crippen LogP contribution is -1.78. The molecule has 0 bridgehead atoms. The SMILES string of the molecule is N.N.N.N.PCCCCCCP.PCCCCCCP. The van der Waals surface area contributed by atoms with E-state index in [4.69, 9.17) is 0 Å². The van der Waals surface area contributed by atoms with Crippen molar-refractivity contribution in [3.05, 3.63) is 0 Å². The van der Waals surface area contributed by atoms with E-state index in [-0.39, 0.29) is 24.6 Å². The van der Waals surface area contributed by atoms with Crippen LogP contribution in [-0.4, -0.2) is 24.6 Å². The van der Waals surface area contributed by atoms with Gasteiger partial charge in [-0.3, -0.25) is 0 Å². The van der Waals surface area contributed by atoms with E-state index in [1.807, 2.05) is 0 Å². The molecule has 0 radical (unpaired) electrons. The second-order valence-corrected chi connectivity index (χ2v) is 6.29. The van der Waals surface area contributed by atoms with Crippen LogP contribution in [0.5, 0.6) is 0 Å². The lowest BCUT2D eigenvalue weighted by molar-refractivity contribution is 0.711. The fraction of sp³-hybridized carbons (Fsp3) is 1.00. The third kappa shape index (κ3) is 50.4. The van der Waals surface area contributed by atoms with Crippen LogP contribution in [0.4, 0.5) is 0 Å². The summed E-state index contributed by atoms with van der Waals surface area (Å²) in [7, 11) is 11.0. The Morgan fingerprint density at radius 3 is 0.550 bits per heavy atom. The first-order chi connectivity index (χ1) is 7.83. The Balaban J connectivity index is -0.0000000408. The van der Waals surface area contributed by atoms with Gasteiger partial charge >= 0.3 is 0 Å². The monoisotopic (exact) mass is 368 g/mol. The van der Waals surface area contributed by atoms with E-state index >= 15 is 0 Å². The van der Waals surface area contributed by atoms with Crippen molar-refractivity contribution in [2.24, 2.45) is 0 Å². The summed E-state index contributed by atoms with van der Waals surface area (Å²) >= 11 is 0. The molecule has 12 N–H and O–H groups in total. The van der Waals surface area contributed by atoms with E-state index in [0.29, 0.717) is 0 Å². The zero-order valence-corrected chi connectivity index (χ0v) is 18.2. The Labute approximate surface area is 138 Å². The van der Waals surface area contributed by atoms with Crippen LogP contribution in [0.3, 0.4) is 0 Å². The van der Waals surface area contributed by atoms with Crippen molar-refractivity contribution in [1.29, 1.82) is 0 Å². The fourth-order valence-corrected chi connectivity index (χ4v) is 2.44. The summed E-state index contributed by atoms with van der Waals surface area (Å²) in [6.07, 6.45) is 16.3. The van der Waals surface area contributed by atoms with Crippen LogP contribution in [0.25, 0.3) is 0 Å². The van der Waals surface area contributed by atoms with Gasteiger partial charge in [-0.2, -0.15) is 0 Å². The van der Waals surface area contributed by atoms with Crippen molar-refractivity contribution in [2.45, 2.75) is 51.4 Å². The average molecular weight is 368 g/mol. The maximum absolute atomic E-state index is 2.76. The lowest BCUT2D eigenvalue weighted by Gasteiger charge is -1.93. The maximum Gasteiger partial charge on any atom is -0.0381 e. The third-order valence-electron chi connectivity index (χ3n) is 2.32. The van der Waals surface area contributed by atoms with Crippen molar-refractivity contribution in [3.8, 4) is 0 Å². The molecule has 0 aromatic carbocycles. The van der Waals surface area contributed by atoms with Gasteiger partial charge in [0.25, 0.3) is 0 Å². The van der Waals surface area contributed by atoms with Crippen LogP contribution < -0.4 is 24.6 Å². The van der Waals surface area contributed by atoms with E-state index in [2.05, 4.69) is 37.0 Å². The fourth-order valence-electron chi connectivity index (χ4n) is 1.28. The molecule has 0 aliphatic rings. The van der Waals surface area contributed by atoms with Gasteiger partial charge in [0.2, 0.25) is 0 Å². The summed E-state index contributed by atoms with van der Waals surface area (Å²) in [4.78, 5) is 0. The topological polar surface area (TPSA) is 140 Å². The van der Waals surface area contributed by atoms with E-state index in [0.717, 1.165) is 0 Å². The molecule has 0 aromatic rings. The Hall–Kier alpha value is 1.56. The summed E-state index contributed by atoms with van der Waals surface area (Å²) in [5.41, 5.74) is 0. The first kappa shape index (κ1) is 37.6. The van der Waals surface area contributed by atoms with E-state index in [1.165, 1.54) is 76.0 Å². The standard InChI is InChI=1S/2C6H16P2.4H3N/c2*7-5-3-1-2-4-6-8;;;;/h2*1-8H2;4*1H3. The molecule has 0 rings (SSSR count). The average Bonchev–Trinajstić information content (AvgIpc) is 2.31. The molecule has 0 aliphatic heterocycles. The first-order valence-electron chi connectivity index (χ1n) is 6.63. The molecule has 0 heterocycles. The summed E-state index contributed by atoms with van der Waals surface area (Å²) in [5, 5.41) is 0. The maximum atomic E-state index is 2.76. The smallest absolute Gasteiger partial charge is 0.0381 e. The number of rotatable bonds is 10. The molecule has 132 valence electrons. The van der Waals surface area contributed by atoms with Crippen LogP contribution in [-0.2, 0) is 0 Å². The molecular weight excluding hydrogens is 324 g/mol. The Morgan fingerprint density at radius 1 is 0.300 bits per heavy atom. The van der Waals surface area contributed by atoms with E-state index < -0.39 is 0 Å². The Bertz CT molecular complexity index is 89.5. The van der Waals surface area contributed by atoms with Gasteiger partial charge in [-0.15, -0.1) is 37.0 Å². The van der Waals surface area contributed by atoms with Crippen LogP contribution in [0.15, 0.2) is 0 Å². The Morgan fingerprint density at radius 2 is 0.450 bits per heavy atom. The molecule has 0 saturated carbocycles. The zero-order valence-electron chi connectivity index (χ0n) is 13.6. The van der Waals surface area contributed by atoms with Crippen molar-refractivity contribution in [2.75, 3.05) is 24.6 Å². The summed E-state index contributed by atoms with van der Waals surface area (Å²) in [5.74, 6) is 0. The van der Waals surface area contributed by atoms with Crippen LogP contribution in [0.1, 0.15) is 51.4 Å². The second kappa shape index (κ2) is 42.8. The van der Waals surface area contributed by atoms with Gasteiger partial charge in [0.15, 0.2) is 0 Å². The summed E-state index contributed by atoms with van der Waals surface area (Å²) < 4.78 is 0. The van der Waals surface area contributed by atoms with E-state index in [1.54, 1.807) is 0 Å². The molecule has 0 spiro atoms. The molecular formula is C12H44N4P4. The van der Waals surface area contributed by atoms with Gasteiger partial charge in [0, 0.05) is 0 Å². The quantitative estimate of drug-likeness (QED) is 0.309. The van der Waals surface area contributed by atoms with Gasteiger partial charge in [0.05, 0.1) is 0 Å².